The van der Waals surface area contributed by atoms with E-state index in [4.69, 9.17) is 10.3 Å². The van der Waals surface area contributed by atoms with Gasteiger partial charge in [0.1, 0.15) is 0 Å². The van der Waals surface area contributed by atoms with Crippen molar-refractivity contribution in [2.24, 2.45) is 5.73 Å². The standard InChI is InChI=1S/C12H15N3OS/c13-6-4-11-14-12(16-15-11)9-2-1-3-10-8(9)5-7-17-10/h5,7,9H,1-4,6,13H2. The number of aryl methyl sites for hydroxylation is 1. The van der Waals surface area contributed by atoms with Gasteiger partial charge in [-0.3, -0.25) is 0 Å². The summed E-state index contributed by atoms with van der Waals surface area (Å²) in [6.45, 7) is 0.563. The normalized spacial score (nSPS) is 19.2. The molecule has 2 N–H and O–H groups in total. The van der Waals surface area contributed by atoms with Gasteiger partial charge in [0, 0.05) is 11.3 Å². The Morgan fingerprint density at radius 2 is 2.47 bits per heavy atom. The summed E-state index contributed by atoms with van der Waals surface area (Å²) in [5.74, 6) is 1.78. The summed E-state index contributed by atoms with van der Waals surface area (Å²) in [6.07, 6.45) is 4.18. The van der Waals surface area contributed by atoms with E-state index in [0.29, 0.717) is 18.9 Å². The minimum atomic E-state index is 0.295. The lowest BCUT2D eigenvalue weighted by molar-refractivity contribution is 0.351. The third-order valence-electron chi connectivity index (χ3n) is 3.20. The minimum Gasteiger partial charge on any atom is -0.339 e. The highest BCUT2D eigenvalue weighted by molar-refractivity contribution is 7.10. The van der Waals surface area contributed by atoms with Crippen LogP contribution in [0.2, 0.25) is 0 Å². The van der Waals surface area contributed by atoms with E-state index in [2.05, 4.69) is 21.6 Å². The van der Waals surface area contributed by atoms with E-state index in [9.17, 15) is 0 Å². The van der Waals surface area contributed by atoms with Crippen molar-refractivity contribution < 1.29 is 4.52 Å². The number of hydrogen-bond acceptors (Lipinski definition) is 5. The van der Waals surface area contributed by atoms with E-state index in [0.717, 1.165) is 18.1 Å². The fraction of sp³-hybridized carbons (Fsp3) is 0.500. The summed E-state index contributed by atoms with van der Waals surface area (Å²) in [4.78, 5) is 5.92. The van der Waals surface area contributed by atoms with E-state index >= 15 is 0 Å². The monoisotopic (exact) mass is 249 g/mol. The maximum Gasteiger partial charge on any atom is 0.234 e. The van der Waals surface area contributed by atoms with Gasteiger partial charge in [-0.05, 0) is 42.8 Å². The van der Waals surface area contributed by atoms with E-state index in [1.165, 1.54) is 23.3 Å². The van der Waals surface area contributed by atoms with Crippen LogP contribution in [0.4, 0.5) is 0 Å². The van der Waals surface area contributed by atoms with E-state index < -0.39 is 0 Å². The highest BCUT2D eigenvalue weighted by Crippen LogP contribution is 2.38. The van der Waals surface area contributed by atoms with Crippen molar-refractivity contribution in [3.05, 3.63) is 33.6 Å². The molecule has 1 unspecified atom stereocenters. The Morgan fingerprint density at radius 1 is 1.53 bits per heavy atom. The highest BCUT2D eigenvalue weighted by atomic mass is 32.1. The fourth-order valence-electron chi connectivity index (χ4n) is 2.38. The smallest absolute Gasteiger partial charge is 0.234 e. The highest BCUT2D eigenvalue weighted by Gasteiger charge is 2.27. The molecule has 17 heavy (non-hydrogen) atoms. The molecule has 90 valence electrons. The molecule has 0 amide bonds. The molecule has 0 aromatic carbocycles. The molecule has 2 aromatic rings. The number of thiophene rings is 1. The molecule has 1 aliphatic carbocycles. The Labute approximate surface area is 104 Å². The Bertz CT molecular complexity index is 505. The topological polar surface area (TPSA) is 64.9 Å². The zero-order chi connectivity index (χ0) is 11.7. The third kappa shape index (κ3) is 2.00. The largest absolute Gasteiger partial charge is 0.339 e. The van der Waals surface area contributed by atoms with Crippen LogP contribution in [-0.4, -0.2) is 16.7 Å². The van der Waals surface area contributed by atoms with Gasteiger partial charge < -0.3 is 10.3 Å². The van der Waals surface area contributed by atoms with Crippen LogP contribution in [0.15, 0.2) is 16.0 Å². The maximum atomic E-state index is 5.49. The van der Waals surface area contributed by atoms with E-state index in [-0.39, 0.29) is 0 Å². The van der Waals surface area contributed by atoms with Gasteiger partial charge in [0.15, 0.2) is 5.82 Å². The Kier molecular flexibility index (Phi) is 2.94. The van der Waals surface area contributed by atoms with Crippen molar-refractivity contribution in [2.45, 2.75) is 31.6 Å². The Hall–Kier alpha value is -1.20. The van der Waals surface area contributed by atoms with Crippen molar-refractivity contribution in [1.82, 2.24) is 10.1 Å². The quantitative estimate of drug-likeness (QED) is 0.904. The molecule has 2 aromatic heterocycles. The summed E-state index contributed by atoms with van der Waals surface area (Å²) >= 11 is 1.83. The van der Waals surface area contributed by atoms with Gasteiger partial charge in [0.2, 0.25) is 5.89 Å². The fourth-order valence-corrected chi connectivity index (χ4v) is 3.37. The van der Waals surface area contributed by atoms with Crippen LogP contribution in [0.5, 0.6) is 0 Å². The first-order valence-electron chi connectivity index (χ1n) is 5.97. The average molecular weight is 249 g/mol. The molecule has 1 atom stereocenters. The lowest BCUT2D eigenvalue weighted by Crippen LogP contribution is -2.09. The van der Waals surface area contributed by atoms with Gasteiger partial charge in [0.25, 0.3) is 0 Å². The summed E-state index contributed by atoms with van der Waals surface area (Å²) in [5.41, 5.74) is 6.87. The van der Waals surface area contributed by atoms with Gasteiger partial charge in [0.05, 0.1) is 5.92 Å². The van der Waals surface area contributed by atoms with Crippen molar-refractivity contribution in [3.63, 3.8) is 0 Å². The average Bonchev–Trinajstić information content (AvgIpc) is 2.96. The predicted molar refractivity (Wildman–Crippen MR) is 66.2 cm³/mol. The summed E-state index contributed by atoms with van der Waals surface area (Å²) in [5, 5.41) is 6.13. The first-order valence-corrected chi connectivity index (χ1v) is 6.85. The lowest BCUT2D eigenvalue weighted by Gasteiger charge is -2.18. The number of fused-ring (bicyclic) bond motifs is 1. The van der Waals surface area contributed by atoms with Crippen LogP contribution >= 0.6 is 11.3 Å². The Morgan fingerprint density at radius 3 is 3.35 bits per heavy atom. The van der Waals surface area contributed by atoms with Gasteiger partial charge in [-0.15, -0.1) is 11.3 Å². The van der Waals surface area contributed by atoms with Crippen LogP contribution in [0, 0.1) is 0 Å². The molecule has 5 heteroatoms. The molecule has 0 bridgehead atoms. The molecule has 0 saturated heterocycles. The van der Waals surface area contributed by atoms with Crippen LogP contribution in [0.3, 0.4) is 0 Å². The summed E-state index contributed by atoms with van der Waals surface area (Å²) < 4.78 is 5.37. The van der Waals surface area contributed by atoms with Crippen molar-refractivity contribution in [2.75, 3.05) is 6.54 Å². The summed E-state index contributed by atoms with van der Waals surface area (Å²) in [6, 6.07) is 2.19. The third-order valence-corrected chi connectivity index (χ3v) is 4.20. The molecule has 0 radical (unpaired) electrons. The molecule has 4 nitrogen and oxygen atoms in total. The molecule has 0 aliphatic heterocycles. The maximum absolute atomic E-state index is 5.49. The van der Waals surface area contributed by atoms with Crippen molar-refractivity contribution in [3.8, 4) is 0 Å². The molecule has 1 aliphatic rings. The second-order valence-electron chi connectivity index (χ2n) is 4.33. The number of aromatic nitrogens is 2. The van der Waals surface area contributed by atoms with Crippen LogP contribution in [0.1, 0.15) is 40.9 Å². The van der Waals surface area contributed by atoms with Crippen LogP contribution in [-0.2, 0) is 12.8 Å². The molecule has 3 rings (SSSR count). The molecule has 0 spiro atoms. The predicted octanol–water partition coefficient (Wildman–Crippen LogP) is 2.10. The molecule has 0 fully saturated rings. The minimum absolute atomic E-state index is 0.295. The van der Waals surface area contributed by atoms with Gasteiger partial charge in [-0.1, -0.05) is 5.16 Å². The number of hydrogen-bond donors (Lipinski definition) is 1. The SMILES string of the molecule is NCCc1noc(C2CCCc3sccc32)n1. The first kappa shape index (κ1) is 10.9. The zero-order valence-electron chi connectivity index (χ0n) is 9.56. The van der Waals surface area contributed by atoms with Crippen molar-refractivity contribution >= 4 is 11.3 Å². The summed E-state index contributed by atoms with van der Waals surface area (Å²) in [7, 11) is 0. The molecule has 2 heterocycles. The molecular formula is C12H15N3OS. The van der Waals surface area contributed by atoms with E-state index in [1.54, 1.807) is 0 Å². The Balaban J connectivity index is 1.90. The van der Waals surface area contributed by atoms with Gasteiger partial charge in [-0.2, -0.15) is 4.98 Å². The zero-order valence-corrected chi connectivity index (χ0v) is 10.4. The van der Waals surface area contributed by atoms with E-state index in [1.807, 2.05) is 11.3 Å². The lowest BCUT2D eigenvalue weighted by atomic mass is 9.88. The van der Waals surface area contributed by atoms with Gasteiger partial charge in [-0.25, -0.2) is 0 Å². The van der Waals surface area contributed by atoms with Gasteiger partial charge >= 0.3 is 0 Å². The number of nitrogens with zero attached hydrogens (tertiary/aromatic N) is 2. The number of nitrogens with two attached hydrogens (primary N) is 1. The second-order valence-corrected chi connectivity index (χ2v) is 5.33. The first-order chi connectivity index (χ1) is 8.38. The second kappa shape index (κ2) is 4.58. The van der Waals surface area contributed by atoms with Crippen LogP contribution < -0.4 is 5.73 Å². The van der Waals surface area contributed by atoms with Crippen molar-refractivity contribution in [1.29, 1.82) is 0 Å². The van der Waals surface area contributed by atoms with Crippen LogP contribution in [0.25, 0.3) is 0 Å². The number of rotatable bonds is 3. The molecular weight excluding hydrogens is 234 g/mol. The molecule has 0 saturated carbocycles.